The van der Waals surface area contributed by atoms with Gasteiger partial charge >= 0.3 is 0 Å². The SMILES string of the molecule is CCN(CC)C1CCN(C(=O)c2cccc(Br)c2Cl)C1. The molecule has 1 aliphatic rings. The highest BCUT2D eigenvalue weighted by molar-refractivity contribution is 9.10. The lowest BCUT2D eigenvalue weighted by atomic mass is 10.2. The standard InChI is InChI=1S/C15H20BrClN2O/c1-3-18(4-2)11-8-9-19(10-11)15(20)12-6-5-7-13(16)14(12)17/h5-7,11H,3-4,8-10H2,1-2H3. The maximum absolute atomic E-state index is 12.6. The van der Waals surface area contributed by atoms with E-state index in [4.69, 9.17) is 11.6 Å². The predicted molar refractivity (Wildman–Crippen MR) is 86.4 cm³/mol. The molecule has 0 spiro atoms. The van der Waals surface area contributed by atoms with Crippen LogP contribution >= 0.6 is 27.5 Å². The average Bonchev–Trinajstić information content (AvgIpc) is 2.92. The van der Waals surface area contributed by atoms with Gasteiger partial charge in [0.2, 0.25) is 0 Å². The minimum atomic E-state index is 0.0333. The Labute approximate surface area is 134 Å². The van der Waals surface area contributed by atoms with Crippen molar-refractivity contribution < 1.29 is 4.79 Å². The van der Waals surface area contributed by atoms with Crippen molar-refractivity contribution >= 4 is 33.4 Å². The van der Waals surface area contributed by atoms with Crippen LogP contribution in [0.1, 0.15) is 30.6 Å². The average molecular weight is 360 g/mol. The van der Waals surface area contributed by atoms with Crippen molar-refractivity contribution in [2.75, 3.05) is 26.2 Å². The van der Waals surface area contributed by atoms with Crippen LogP contribution in [0.4, 0.5) is 0 Å². The van der Waals surface area contributed by atoms with Crippen molar-refractivity contribution in [2.24, 2.45) is 0 Å². The van der Waals surface area contributed by atoms with Gasteiger partial charge in [-0.05, 0) is 47.6 Å². The van der Waals surface area contributed by atoms with Crippen LogP contribution in [0.15, 0.2) is 22.7 Å². The minimum absolute atomic E-state index is 0.0333. The molecule has 1 aromatic carbocycles. The summed E-state index contributed by atoms with van der Waals surface area (Å²) >= 11 is 9.58. The van der Waals surface area contributed by atoms with E-state index in [2.05, 4.69) is 34.7 Å². The highest BCUT2D eigenvalue weighted by atomic mass is 79.9. The van der Waals surface area contributed by atoms with Crippen LogP contribution in [-0.2, 0) is 0 Å². The lowest BCUT2D eigenvalue weighted by Crippen LogP contribution is -2.38. The molecule has 20 heavy (non-hydrogen) atoms. The van der Waals surface area contributed by atoms with Gasteiger partial charge in [-0.3, -0.25) is 9.69 Å². The molecular weight excluding hydrogens is 340 g/mol. The zero-order chi connectivity index (χ0) is 14.7. The molecule has 0 aromatic heterocycles. The number of carbonyl (C=O) groups excluding carboxylic acids is 1. The van der Waals surface area contributed by atoms with E-state index in [1.54, 1.807) is 6.07 Å². The van der Waals surface area contributed by atoms with E-state index >= 15 is 0 Å². The summed E-state index contributed by atoms with van der Waals surface area (Å²) in [6.07, 6.45) is 1.04. The van der Waals surface area contributed by atoms with E-state index in [-0.39, 0.29) is 5.91 Å². The second-order valence-corrected chi connectivity index (χ2v) is 6.25. The molecule has 1 heterocycles. The zero-order valence-corrected chi connectivity index (χ0v) is 14.2. The van der Waals surface area contributed by atoms with Crippen LogP contribution in [0, 0.1) is 0 Å². The number of rotatable bonds is 4. The Bertz CT molecular complexity index is 491. The van der Waals surface area contributed by atoms with Gasteiger partial charge in [-0.2, -0.15) is 0 Å². The third kappa shape index (κ3) is 3.18. The number of likely N-dealkylation sites (tertiary alicyclic amines) is 1. The molecule has 0 saturated carbocycles. The summed E-state index contributed by atoms with van der Waals surface area (Å²) < 4.78 is 0.768. The fourth-order valence-electron chi connectivity index (χ4n) is 2.80. The Hall–Kier alpha value is -0.580. The zero-order valence-electron chi connectivity index (χ0n) is 11.9. The number of halogens is 2. The van der Waals surface area contributed by atoms with Gasteiger partial charge in [0.15, 0.2) is 0 Å². The van der Waals surface area contributed by atoms with Gasteiger partial charge < -0.3 is 4.90 Å². The second kappa shape index (κ2) is 6.92. The first-order valence-corrected chi connectivity index (χ1v) is 8.22. The summed E-state index contributed by atoms with van der Waals surface area (Å²) in [6, 6.07) is 5.96. The van der Waals surface area contributed by atoms with Crippen LogP contribution in [0.25, 0.3) is 0 Å². The fourth-order valence-corrected chi connectivity index (χ4v) is 3.38. The molecule has 0 N–H and O–H groups in total. The number of carbonyl (C=O) groups is 1. The third-order valence-electron chi connectivity index (χ3n) is 3.96. The predicted octanol–water partition coefficient (Wildman–Crippen LogP) is 3.66. The number of hydrogen-bond donors (Lipinski definition) is 0. The molecular formula is C15H20BrClN2O. The number of hydrogen-bond acceptors (Lipinski definition) is 2. The largest absolute Gasteiger partial charge is 0.337 e. The van der Waals surface area contributed by atoms with Gasteiger partial charge in [-0.1, -0.05) is 31.5 Å². The molecule has 0 bridgehead atoms. The molecule has 110 valence electrons. The first-order valence-electron chi connectivity index (χ1n) is 7.05. The molecule has 0 radical (unpaired) electrons. The molecule has 3 nitrogen and oxygen atoms in total. The lowest BCUT2D eigenvalue weighted by Gasteiger charge is -2.26. The summed E-state index contributed by atoms with van der Waals surface area (Å²) in [7, 11) is 0. The Morgan fingerprint density at radius 3 is 2.80 bits per heavy atom. The van der Waals surface area contributed by atoms with Crippen molar-refractivity contribution in [2.45, 2.75) is 26.3 Å². The van der Waals surface area contributed by atoms with Crippen LogP contribution in [0.5, 0.6) is 0 Å². The van der Waals surface area contributed by atoms with Crippen LogP contribution in [0.3, 0.4) is 0 Å². The summed E-state index contributed by atoms with van der Waals surface area (Å²) in [5.41, 5.74) is 0.584. The topological polar surface area (TPSA) is 23.6 Å². The van der Waals surface area contributed by atoms with Gasteiger partial charge in [0, 0.05) is 23.6 Å². The summed E-state index contributed by atoms with van der Waals surface area (Å²) in [6.45, 7) is 7.99. The first kappa shape index (κ1) is 15.8. The molecule has 1 unspecified atom stereocenters. The van der Waals surface area contributed by atoms with Crippen LogP contribution in [-0.4, -0.2) is 47.9 Å². The van der Waals surface area contributed by atoms with E-state index in [1.165, 1.54) is 0 Å². The maximum atomic E-state index is 12.6. The van der Waals surface area contributed by atoms with E-state index in [0.717, 1.165) is 37.1 Å². The number of benzene rings is 1. The Kier molecular flexibility index (Phi) is 5.47. The molecule has 1 atom stereocenters. The third-order valence-corrected chi connectivity index (χ3v) is 5.26. The molecule has 0 aliphatic carbocycles. The molecule has 1 aromatic rings. The number of nitrogens with zero attached hydrogens (tertiary/aromatic N) is 2. The first-order chi connectivity index (χ1) is 9.58. The quantitative estimate of drug-likeness (QED) is 0.819. The smallest absolute Gasteiger partial charge is 0.255 e. The van der Waals surface area contributed by atoms with Crippen molar-refractivity contribution in [1.29, 1.82) is 0 Å². The molecule has 5 heteroatoms. The number of amides is 1. The van der Waals surface area contributed by atoms with Crippen LogP contribution < -0.4 is 0 Å². The molecule has 2 rings (SSSR count). The highest BCUT2D eigenvalue weighted by Crippen LogP contribution is 2.28. The number of likely N-dealkylation sites (N-methyl/N-ethyl adjacent to an activating group) is 1. The Balaban J connectivity index is 2.10. The Morgan fingerprint density at radius 2 is 2.15 bits per heavy atom. The molecule has 1 fully saturated rings. The lowest BCUT2D eigenvalue weighted by molar-refractivity contribution is 0.0778. The second-order valence-electron chi connectivity index (χ2n) is 5.02. The normalized spacial score (nSPS) is 18.9. The van der Waals surface area contributed by atoms with Gasteiger partial charge in [0.05, 0.1) is 10.6 Å². The minimum Gasteiger partial charge on any atom is -0.337 e. The van der Waals surface area contributed by atoms with Gasteiger partial charge in [-0.15, -0.1) is 0 Å². The van der Waals surface area contributed by atoms with Gasteiger partial charge in [0.1, 0.15) is 0 Å². The van der Waals surface area contributed by atoms with Crippen LogP contribution in [0.2, 0.25) is 5.02 Å². The summed E-state index contributed by atoms with van der Waals surface area (Å²) in [4.78, 5) is 16.9. The molecule has 1 aliphatic heterocycles. The van der Waals surface area contributed by atoms with Gasteiger partial charge in [0.25, 0.3) is 5.91 Å². The van der Waals surface area contributed by atoms with Crippen molar-refractivity contribution in [3.05, 3.63) is 33.3 Å². The van der Waals surface area contributed by atoms with E-state index in [0.29, 0.717) is 16.6 Å². The summed E-state index contributed by atoms with van der Waals surface area (Å²) in [5.74, 6) is 0.0333. The van der Waals surface area contributed by atoms with Gasteiger partial charge in [-0.25, -0.2) is 0 Å². The molecule has 1 saturated heterocycles. The monoisotopic (exact) mass is 358 g/mol. The summed E-state index contributed by atoms with van der Waals surface area (Å²) in [5, 5.41) is 0.504. The van der Waals surface area contributed by atoms with E-state index in [1.807, 2.05) is 17.0 Å². The Morgan fingerprint density at radius 1 is 1.45 bits per heavy atom. The fraction of sp³-hybridized carbons (Fsp3) is 0.533. The van der Waals surface area contributed by atoms with E-state index in [9.17, 15) is 4.79 Å². The van der Waals surface area contributed by atoms with Crippen molar-refractivity contribution in [3.8, 4) is 0 Å². The molecule has 1 amide bonds. The van der Waals surface area contributed by atoms with E-state index < -0.39 is 0 Å². The maximum Gasteiger partial charge on any atom is 0.255 e. The van der Waals surface area contributed by atoms with Crippen molar-refractivity contribution in [1.82, 2.24) is 9.80 Å². The highest BCUT2D eigenvalue weighted by Gasteiger charge is 2.30. The van der Waals surface area contributed by atoms with Crippen molar-refractivity contribution in [3.63, 3.8) is 0 Å².